The summed E-state index contributed by atoms with van der Waals surface area (Å²) in [7, 11) is 0. The van der Waals surface area contributed by atoms with Crippen LogP contribution in [0, 0.1) is 0 Å². The number of para-hydroxylation sites is 2. The summed E-state index contributed by atoms with van der Waals surface area (Å²) in [6.45, 7) is 4.83. The Kier molecular flexibility index (Phi) is 7.56. The highest BCUT2D eigenvalue weighted by atomic mass is 15.0. The monoisotopic (exact) mass is 756 g/mol. The number of hydrogen-bond acceptors (Lipinski definition) is 0. The summed E-state index contributed by atoms with van der Waals surface area (Å²) in [5, 5.41) is 5.17. The van der Waals surface area contributed by atoms with E-state index < -0.39 is 0 Å². The van der Waals surface area contributed by atoms with Gasteiger partial charge >= 0.3 is 0 Å². The van der Waals surface area contributed by atoms with Gasteiger partial charge in [-0.25, -0.2) is 0 Å². The molecule has 0 aliphatic heterocycles. The molecule has 2 aromatic heterocycles. The van der Waals surface area contributed by atoms with Crippen LogP contribution in [0.15, 0.2) is 182 Å². The third-order valence-electron chi connectivity index (χ3n) is 13.4. The minimum absolute atomic E-state index is 0.163. The first-order chi connectivity index (χ1) is 29.0. The molecule has 3 aliphatic rings. The number of rotatable bonds is 5. The second kappa shape index (κ2) is 13.1. The SMILES string of the molecule is CC1(C)c2cc(-n3c4ccc(C5=CCCC=C5)cc4c4cc(-c5ccccc5)ccc43)ccc2-c2c(C3=CC(n4c5ccccc5c5ccccc54)=CCC3)cccc21. The highest BCUT2D eigenvalue weighted by Gasteiger charge is 2.37. The van der Waals surface area contributed by atoms with Gasteiger partial charge in [0.1, 0.15) is 0 Å². The van der Waals surface area contributed by atoms with Gasteiger partial charge in [0.15, 0.2) is 0 Å². The minimum Gasteiger partial charge on any atom is -0.310 e. The maximum absolute atomic E-state index is 2.50. The molecule has 9 aromatic rings. The first-order valence-corrected chi connectivity index (χ1v) is 21.2. The maximum atomic E-state index is 2.50. The van der Waals surface area contributed by atoms with Crippen LogP contribution >= 0.6 is 0 Å². The topological polar surface area (TPSA) is 9.86 Å². The molecule has 3 aliphatic carbocycles. The lowest BCUT2D eigenvalue weighted by Crippen LogP contribution is -2.15. The van der Waals surface area contributed by atoms with Crippen molar-refractivity contribution in [3.8, 4) is 27.9 Å². The Morgan fingerprint density at radius 2 is 1.17 bits per heavy atom. The summed E-state index contributed by atoms with van der Waals surface area (Å²) < 4.78 is 4.97. The van der Waals surface area contributed by atoms with Crippen molar-refractivity contribution >= 4 is 60.5 Å². The van der Waals surface area contributed by atoms with Gasteiger partial charge in [-0.15, -0.1) is 0 Å². The number of allylic oxidation sites excluding steroid dienone is 8. The Labute approximate surface area is 345 Å². The molecule has 0 bridgehead atoms. The smallest absolute Gasteiger partial charge is 0.0541 e. The number of nitrogens with zero attached hydrogens (tertiary/aromatic N) is 2. The molecule has 0 unspecified atom stereocenters. The Morgan fingerprint density at radius 1 is 0.475 bits per heavy atom. The lowest BCUT2D eigenvalue weighted by atomic mass is 9.81. The van der Waals surface area contributed by atoms with Gasteiger partial charge in [-0.05, 0) is 136 Å². The van der Waals surface area contributed by atoms with E-state index in [1.807, 2.05) is 0 Å². The van der Waals surface area contributed by atoms with Crippen LogP contribution < -0.4 is 0 Å². The number of benzene rings is 7. The molecule has 2 nitrogen and oxygen atoms in total. The van der Waals surface area contributed by atoms with Crippen LogP contribution in [0.1, 0.15) is 61.8 Å². The van der Waals surface area contributed by atoms with Crippen LogP contribution in [-0.2, 0) is 5.41 Å². The number of hydrogen-bond donors (Lipinski definition) is 0. The molecule has 59 heavy (non-hydrogen) atoms. The fourth-order valence-electron chi connectivity index (χ4n) is 10.6. The molecule has 0 spiro atoms. The largest absolute Gasteiger partial charge is 0.310 e. The van der Waals surface area contributed by atoms with E-state index in [0.717, 1.165) is 25.7 Å². The van der Waals surface area contributed by atoms with Crippen LogP contribution in [-0.4, -0.2) is 9.13 Å². The zero-order chi connectivity index (χ0) is 39.2. The van der Waals surface area contributed by atoms with E-state index in [-0.39, 0.29) is 5.41 Å². The summed E-state index contributed by atoms with van der Waals surface area (Å²) in [5.41, 5.74) is 20.7. The molecule has 0 saturated heterocycles. The van der Waals surface area contributed by atoms with Crippen LogP contribution in [0.2, 0.25) is 0 Å². The number of aromatic nitrogens is 2. The molecule has 0 fully saturated rings. The molecule has 7 aromatic carbocycles. The molecule has 0 atom stereocenters. The number of fused-ring (bicyclic) bond motifs is 9. The van der Waals surface area contributed by atoms with E-state index in [1.165, 1.54) is 111 Å². The molecule has 0 N–H and O–H groups in total. The van der Waals surface area contributed by atoms with Crippen LogP contribution in [0.5, 0.6) is 0 Å². The standard InChI is InChI=1S/C57H44N2/c1-57(2)50-24-14-23-44(41-19-13-20-42(33-41)58-52-25-11-9-21-45(52)46-22-10-12-26-53(46)58)56(50)47-30-29-43(36-51(47)57)59-54-31-27-39(37-15-5-3-6-16-37)34-48(54)49-35-40(28-32-55(49)59)38-17-7-4-8-18-38/h3,5-7,9-12,14-18,20-36H,4,8,13,19H2,1-2H3. The zero-order valence-electron chi connectivity index (χ0n) is 33.5. The van der Waals surface area contributed by atoms with Gasteiger partial charge in [-0.3, -0.25) is 0 Å². The van der Waals surface area contributed by atoms with Gasteiger partial charge in [0, 0.05) is 38.3 Å². The summed E-state index contributed by atoms with van der Waals surface area (Å²) in [4.78, 5) is 0. The van der Waals surface area contributed by atoms with Crippen molar-refractivity contribution in [2.24, 2.45) is 0 Å². The lowest BCUT2D eigenvalue weighted by Gasteiger charge is -2.23. The van der Waals surface area contributed by atoms with Crippen molar-refractivity contribution in [3.05, 3.63) is 204 Å². The van der Waals surface area contributed by atoms with Gasteiger partial charge in [-0.2, -0.15) is 0 Å². The summed E-state index contributed by atoms with van der Waals surface area (Å²) in [6, 6.07) is 56.8. The van der Waals surface area contributed by atoms with Crippen molar-refractivity contribution in [1.82, 2.24) is 9.13 Å². The Hall–Kier alpha value is -6.90. The van der Waals surface area contributed by atoms with Gasteiger partial charge in [-0.1, -0.05) is 141 Å². The Bertz CT molecular complexity index is 3280. The third-order valence-corrected chi connectivity index (χ3v) is 13.4. The highest BCUT2D eigenvalue weighted by Crippen LogP contribution is 2.53. The highest BCUT2D eigenvalue weighted by molar-refractivity contribution is 6.12. The predicted octanol–water partition coefficient (Wildman–Crippen LogP) is 15.3. The Morgan fingerprint density at radius 3 is 1.92 bits per heavy atom. The average Bonchev–Trinajstić information content (AvgIpc) is 3.89. The second-order valence-electron chi connectivity index (χ2n) is 17.1. The van der Waals surface area contributed by atoms with E-state index >= 15 is 0 Å². The van der Waals surface area contributed by atoms with Crippen molar-refractivity contribution in [2.45, 2.75) is 44.9 Å². The van der Waals surface area contributed by atoms with Gasteiger partial charge in [0.05, 0.1) is 22.1 Å². The molecule has 12 rings (SSSR count). The summed E-state index contributed by atoms with van der Waals surface area (Å²) >= 11 is 0. The summed E-state index contributed by atoms with van der Waals surface area (Å²) in [5.74, 6) is 0. The molecule has 0 amide bonds. The third kappa shape index (κ3) is 5.19. The van der Waals surface area contributed by atoms with Crippen LogP contribution in [0.3, 0.4) is 0 Å². The van der Waals surface area contributed by atoms with Crippen molar-refractivity contribution in [2.75, 3.05) is 0 Å². The first-order valence-electron chi connectivity index (χ1n) is 21.2. The molecular weight excluding hydrogens is 713 g/mol. The fraction of sp³-hybridized carbons (Fsp3) is 0.123. The van der Waals surface area contributed by atoms with Gasteiger partial charge < -0.3 is 9.13 Å². The molecule has 282 valence electrons. The molecule has 2 heteroatoms. The second-order valence-corrected chi connectivity index (χ2v) is 17.1. The van der Waals surface area contributed by atoms with Crippen LogP contribution in [0.25, 0.3) is 88.4 Å². The maximum Gasteiger partial charge on any atom is 0.0541 e. The lowest BCUT2D eigenvalue weighted by molar-refractivity contribution is 0.660. The van der Waals surface area contributed by atoms with Crippen molar-refractivity contribution in [3.63, 3.8) is 0 Å². The fourth-order valence-corrected chi connectivity index (χ4v) is 10.6. The molecular formula is C57H44N2. The van der Waals surface area contributed by atoms with E-state index in [1.54, 1.807) is 0 Å². The minimum atomic E-state index is -0.163. The van der Waals surface area contributed by atoms with Gasteiger partial charge in [0.25, 0.3) is 0 Å². The molecule has 0 radical (unpaired) electrons. The van der Waals surface area contributed by atoms with E-state index in [9.17, 15) is 0 Å². The van der Waals surface area contributed by atoms with Crippen molar-refractivity contribution in [1.29, 1.82) is 0 Å². The summed E-state index contributed by atoms with van der Waals surface area (Å²) in [6.07, 6.45) is 16.1. The van der Waals surface area contributed by atoms with E-state index in [2.05, 4.69) is 205 Å². The van der Waals surface area contributed by atoms with Gasteiger partial charge in [0.2, 0.25) is 0 Å². The molecule has 2 heterocycles. The van der Waals surface area contributed by atoms with Crippen LogP contribution in [0.4, 0.5) is 0 Å². The Balaban J connectivity index is 1.01. The van der Waals surface area contributed by atoms with E-state index in [4.69, 9.17) is 0 Å². The normalized spacial score (nSPS) is 15.7. The van der Waals surface area contributed by atoms with Crippen molar-refractivity contribution < 1.29 is 0 Å². The quantitative estimate of drug-likeness (QED) is 0.165. The van der Waals surface area contributed by atoms with E-state index in [0.29, 0.717) is 0 Å². The zero-order valence-corrected chi connectivity index (χ0v) is 33.5. The first kappa shape index (κ1) is 34.2. The predicted molar refractivity (Wildman–Crippen MR) is 251 cm³/mol. The molecule has 0 saturated carbocycles. The average molecular weight is 757 g/mol.